The van der Waals surface area contributed by atoms with Gasteiger partial charge in [0.25, 0.3) is 5.91 Å². The van der Waals surface area contributed by atoms with Crippen molar-refractivity contribution in [3.05, 3.63) is 119 Å². The summed E-state index contributed by atoms with van der Waals surface area (Å²) in [7, 11) is 0. The number of hydrogen-bond acceptors (Lipinski definition) is 14. The van der Waals surface area contributed by atoms with Crippen LogP contribution in [-0.2, 0) is 47.7 Å². The molecule has 1 saturated heterocycles. The summed E-state index contributed by atoms with van der Waals surface area (Å²) in [6, 6.07) is 22.7. The minimum Gasteiger partial charge on any atom is -0.481 e. The van der Waals surface area contributed by atoms with E-state index in [0.717, 1.165) is 0 Å². The molecule has 1 amide bonds. The predicted octanol–water partition coefficient (Wildman–Crippen LogP) is 4.86. The van der Waals surface area contributed by atoms with Crippen LogP contribution in [0.15, 0.2) is 102 Å². The minimum atomic E-state index is -2.30. The van der Waals surface area contributed by atoms with Crippen LogP contribution < -0.4 is 5.32 Å². The van der Waals surface area contributed by atoms with Gasteiger partial charge in [-0.15, -0.1) is 0 Å². The van der Waals surface area contributed by atoms with Gasteiger partial charge in [0, 0.05) is 36.7 Å². The molecule has 2 bridgehead atoms. The first kappa shape index (κ1) is 47.7. The van der Waals surface area contributed by atoms with Gasteiger partial charge in [0.15, 0.2) is 5.60 Å². The number of Topliss-reactive ketones (excluding diaryl/α,β-unsaturated/α-hetero) is 1. The van der Waals surface area contributed by atoms with Gasteiger partial charge in [-0.1, -0.05) is 87.5 Å². The lowest BCUT2D eigenvalue weighted by atomic mass is 9.43. The lowest BCUT2D eigenvalue weighted by Gasteiger charge is -2.67. The van der Waals surface area contributed by atoms with Gasteiger partial charge in [-0.2, -0.15) is 0 Å². The Bertz CT molecular complexity index is 2420. The van der Waals surface area contributed by atoms with Crippen LogP contribution in [0.2, 0.25) is 0 Å². The summed E-state index contributed by atoms with van der Waals surface area (Å²) in [5.74, 6) is -8.94. The molecule has 11 atom stereocenters. The number of ether oxygens (including phenoxy) is 5. The number of carboxylic acid groups (broad SMARTS) is 1. The van der Waals surface area contributed by atoms with E-state index in [1.54, 1.807) is 94.4 Å². The van der Waals surface area contributed by atoms with Crippen molar-refractivity contribution < 1.29 is 72.6 Å². The number of fused-ring (bicyclic) bond motifs is 5. The standard InChI is InChI=1S/C50H55NO15/c1-27-33(63-46(60)40(64-37(56)23-22-36(54)55)39(30-16-10-7-11-17-30)51-44(58)31-18-12-8-13-19-31)25-50(61)43(65-45(59)32-20-14-9-15-21-32)41-48(6,42(57)28(2)38(27)47(50,4)5)34(53)24-35-49(41,26-62-35)66-29(3)52/h7-21,28,33-35,39-41,43,53,61H,22-26H2,1-6H3,(H,51,58)(H,54,55)/t28-,33+,34+,35?,39+,40-,41+,43+,48-,49+,50-/m1/s1. The Kier molecular flexibility index (Phi) is 13.2. The van der Waals surface area contributed by atoms with Gasteiger partial charge >= 0.3 is 29.8 Å². The Morgan fingerprint density at radius 2 is 1.45 bits per heavy atom. The van der Waals surface area contributed by atoms with E-state index >= 15 is 4.79 Å². The van der Waals surface area contributed by atoms with E-state index in [1.165, 1.54) is 38.1 Å². The van der Waals surface area contributed by atoms with Gasteiger partial charge in [0.05, 0.1) is 42.4 Å². The molecule has 2 saturated carbocycles. The molecule has 1 aliphatic heterocycles. The topological polar surface area (TPSA) is 238 Å². The summed E-state index contributed by atoms with van der Waals surface area (Å²) in [5, 5.41) is 38.0. The molecule has 3 aliphatic carbocycles. The average Bonchev–Trinajstić information content (AvgIpc) is 3.28. The molecule has 3 aromatic rings. The first-order chi connectivity index (χ1) is 31.2. The number of carboxylic acids is 1. The van der Waals surface area contributed by atoms with Crippen LogP contribution in [-0.4, -0.2) is 105 Å². The van der Waals surface area contributed by atoms with Crippen LogP contribution in [0.4, 0.5) is 0 Å². The lowest BCUT2D eigenvalue weighted by Crippen LogP contribution is -2.81. The smallest absolute Gasteiger partial charge is 0.350 e. The number of aliphatic hydroxyl groups excluding tert-OH is 1. The normalized spacial score (nSPS) is 30.6. The van der Waals surface area contributed by atoms with Crippen LogP contribution in [0.1, 0.15) is 99.5 Å². The fraction of sp³-hybridized carbons (Fsp3) is 0.460. The largest absolute Gasteiger partial charge is 0.481 e. The highest BCUT2D eigenvalue weighted by Crippen LogP contribution is 2.65. The van der Waals surface area contributed by atoms with Gasteiger partial charge in [0.1, 0.15) is 35.7 Å². The minimum absolute atomic E-state index is 0.0875. The van der Waals surface area contributed by atoms with Crippen molar-refractivity contribution in [3.63, 3.8) is 0 Å². The predicted molar refractivity (Wildman–Crippen MR) is 232 cm³/mol. The van der Waals surface area contributed by atoms with E-state index in [-0.39, 0.29) is 24.2 Å². The van der Waals surface area contributed by atoms with E-state index in [0.29, 0.717) is 16.7 Å². The number of aliphatic hydroxyl groups is 2. The zero-order valence-corrected chi connectivity index (χ0v) is 37.6. The van der Waals surface area contributed by atoms with Gasteiger partial charge in [0.2, 0.25) is 6.10 Å². The Hall–Kier alpha value is -6.23. The van der Waals surface area contributed by atoms with Crippen LogP contribution in [0, 0.1) is 22.7 Å². The van der Waals surface area contributed by atoms with E-state index in [1.807, 2.05) is 0 Å². The van der Waals surface area contributed by atoms with Crippen molar-refractivity contribution in [2.24, 2.45) is 22.7 Å². The molecule has 3 fully saturated rings. The zero-order valence-electron chi connectivity index (χ0n) is 37.6. The number of carbonyl (C=O) groups excluding carboxylic acids is 6. The molecule has 4 N–H and O–H groups in total. The van der Waals surface area contributed by atoms with Gasteiger partial charge in [-0.25, -0.2) is 9.59 Å². The summed E-state index contributed by atoms with van der Waals surface area (Å²) in [5.41, 5.74) is -6.03. The fourth-order valence-corrected chi connectivity index (χ4v) is 10.9. The van der Waals surface area contributed by atoms with Crippen molar-refractivity contribution in [1.29, 1.82) is 0 Å². The summed E-state index contributed by atoms with van der Waals surface area (Å²) in [6.45, 7) is 9.02. The second-order valence-corrected chi connectivity index (χ2v) is 18.4. The summed E-state index contributed by atoms with van der Waals surface area (Å²) >= 11 is 0. The molecule has 0 radical (unpaired) electrons. The fourth-order valence-electron chi connectivity index (χ4n) is 10.9. The quantitative estimate of drug-likeness (QED) is 0.102. The summed E-state index contributed by atoms with van der Waals surface area (Å²) in [4.78, 5) is 96.3. The number of benzene rings is 3. The van der Waals surface area contributed by atoms with Crippen LogP contribution in [0.3, 0.4) is 0 Å². The van der Waals surface area contributed by atoms with Crippen LogP contribution in [0.25, 0.3) is 0 Å². The summed E-state index contributed by atoms with van der Waals surface area (Å²) < 4.78 is 30.5. The second-order valence-electron chi connectivity index (χ2n) is 18.4. The maximum atomic E-state index is 15.4. The molecule has 0 spiro atoms. The second kappa shape index (κ2) is 18.2. The summed E-state index contributed by atoms with van der Waals surface area (Å²) in [6.07, 6.45) is -9.43. The van der Waals surface area contributed by atoms with Crippen molar-refractivity contribution in [2.75, 3.05) is 6.61 Å². The van der Waals surface area contributed by atoms with Crippen molar-refractivity contribution >= 4 is 41.5 Å². The number of ketones is 1. The monoisotopic (exact) mass is 909 g/mol. The molecule has 0 aromatic heterocycles. The molecule has 1 heterocycles. The Morgan fingerprint density at radius 1 is 0.864 bits per heavy atom. The molecular weight excluding hydrogens is 855 g/mol. The number of nitrogens with one attached hydrogen (secondary N) is 1. The molecule has 66 heavy (non-hydrogen) atoms. The van der Waals surface area contributed by atoms with E-state index in [2.05, 4.69) is 5.32 Å². The molecule has 7 rings (SSSR count). The highest BCUT2D eigenvalue weighted by molar-refractivity contribution is 5.95. The Labute approximate surface area is 381 Å². The zero-order chi connectivity index (χ0) is 47.9. The molecule has 16 nitrogen and oxygen atoms in total. The Morgan fingerprint density at radius 3 is 2.02 bits per heavy atom. The van der Waals surface area contributed by atoms with Crippen molar-refractivity contribution in [1.82, 2.24) is 5.32 Å². The molecule has 3 aromatic carbocycles. The Balaban J connectivity index is 1.38. The van der Waals surface area contributed by atoms with E-state index in [9.17, 15) is 44.1 Å². The molecule has 4 aliphatic rings. The van der Waals surface area contributed by atoms with Crippen LogP contribution >= 0.6 is 0 Å². The third-order valence-electron chi connectivity index (χ3n) is 14.3. The number of hydrogen-bond donors (Lipinski definition) is 4. The highest BCUT2D eigenvalue weighted by atomic mass is 16.6. The third-order valence-corrected chi connectivity index (χ3v) is 14.3. The number of rotatable bonds is 13. The lowest BCUT2D eigenvalue weighted by molar-refractivity contribution is -0.345. The van der Waals surface area contributed by atoms with Crippen molar-refractivity contribution in [3.8, 4) is 0 Å². The first-order valence-electron chi connectivity index (χ1n) is 21.9. The maximum Gasteiger partial charge on any atom is 0.350 e. The number of amides is 1. The molecular formula is C50H55NO15. The van der Waals surface area contributed by atoms with Crippen molar-refractivity contribution in [2.45, 2.75) is 115 Å². The molecule has 16 heteroatoms. The molecule has 1 unspecified atom stereocenters. The third kappa shape index (κ3) is 8.30. The number of aliphatic carboxylic acids is 1. The van der Waals surface area contributed by atoms with E-state index < -0.39 is 131 Å². The highest BCUT2D eigenvalue weighted by Gasteiger charge is 2.77. The van der Waals surface area contributed by atoms with E-state index in [4.69, 9.17) is 23.7 Å². The SMILES string of the molecule is CC(=O)O[C@@]12COC1C[C@H](O)[C@@]1(C)C(=O)[C@H](C)C3=C(C)[C@@H](OC(=O)[C@H](OC(=O)CCC(=O)O)[C@@H](NC(=O)c4ccccc4)c4ccccc4)C[C@@](O)([C@@H](OC(=O)c4ccccc4)[C@@H]12)C3(C)C. The van der Waals surface area contributed by atoms with Gasteiger partial charge in [-0.3, -0.25) is 24.0 Å². The molecule has 350 valence electrons. The van der Waals surface area contributed by atoms with Gasteiger partial charge in [-0.05, 0) is 54.8 Å². The van der Waals surface area contributed by atoms with Crippen LogP contribution in [0.5, 0.6) is 0 Å². The number of carbonyl (C=O) groups is 7. The first-order valence-corrected chi connectivity index (χ1v) is 21.9. The van der Waals surface area contributed by atoms with Gasteiger partial charge < -0.3 is 44.3 Å². The number of esters is 4. The maximum absolute atomic E-state index is 15.4. The average molecular weight is 910 g/mol.